The van der Waals surface area contributed by atoms with E-state index in [9.17, 15) is 4.79 Å². The van der Waals surface area contributed by atoms with Gasteiger partial charge in [-0.1, -0.05) is 22.9 Å². The van der Waals surface area contributed by atoms with Crippen LogP contribution >= 0.6 is 11.6 Å². The fraction of sp³-hybridized carbons (Fsp3) is 0.143. The molecule has 3 heterocycles. The molecule has 0 saturated carbocycles. The van der Waals surface area contributed by atoms with Crippen LogP contribution in [0.3, 0.4) is 0 Å². The number of esters is 1. The Labute approximate surface area is 125 Å². The smallest absolute Gasteiger partial charge is 0.341 e. The Kier molecular flexibility index (Phi) is 3.53. The molecule has 0 N–H and O–H groups in total. The lowest BCUT2D eigenvalue weighted by atomic mass is 10.2. The monoisotopic (exact) mass is 302 g/mol. The average molecular weight is 303 g/mol. The summed E-state index contributed by atoms with van der Waals surface area (Å²) in [6, 6.07) is 8.92. The van der Waals surface area contributed by atoms with E-state index in [0.717, 1.165) is 11.2 Å². The highest BCUT2D eigenvalue weighted by Crippen LogP contribution is 2.22. The number of nitrogens with zero attached hydrogens (tertiary/aromatic N) is 4. The first-order chi connectivity index (χ1) is 10.2. The maximum absolute atomic E-state index is 11.7. The van der Waals surface area contributed by atoms with Gasteiger partial charge in [-0.2, -0.15) is 0 Å². The van der Waals surface area contributed by atoms with Crippen molar-refractivity contribution in [2.75, 3.05) is 6.61 Å². The minimum absolute atomic E-state index is 0.100. The second kappa shape index (κ2) is 5.49. The van der Waals surface area contributed by atoms with Crippen molar-refractivity contribution in [3.8, 4) is 11.4 Å². The van der Waals surface area contributed by atoms with E-state index in [1.807, 2.05) is 18.2 Å². The summed E-state index contributed by atoms with van der Waals surface area (Å²) in [6.45, 7) is 2.02. The molecule has 0 aliphatic heterocycles. The minimum Gasteiger partial charge on any atom is -0.462 e. The maximum Gasteiger partial charge on any atom is 0.341 e. The molecule has 0 amide bonds. The molecule has 0 aliphatic carbocycles. The number of ether oxygens (including phenoxy) is 1. The summed E-state index contributed by atoms with van der Waals surface area (Å²) in [6.07, 6.45) is 1.65. The predicted molar refractivity (Wildman–Crippen MR) is 77.2 cm³/mol. The van der Waals surface area contributed by atoms with Crippen LogP contribution in [-0.2, 0) is 4.74 Å². The molecule has 0 saturated heterocycles. The molecule has 0 fully saturated rings. The molecule has 0 aliphatic rings. The van der Waals surface area contributed by atoms with Crippen LogP contribution in [0.4, 0.5) is 0 Å². The molecule has 3 aromatic rings. The van der Waals surface area contributed by atoms with E-state index in [2.05, 4.69) is 15.3 Å². The van der Waals surface area contributed by atoms with Gasteiger partial charge in [-0.15, -0.1) is 5.10 Å². The molecule has 0 unspecified atom stereocenters. The normalized spacial score (nSPS) is 10.8. The van der Waals surface area contributed by atoms with Crippen molar-refractivity contribution in [1.82, 2.24) is 19.8 Å². The summed E-state index contributed by atoms with van der Waals surface area (Å²) in [4.78, 5) is 16.0. The molecule has 0 radical (unpaired) electrons. The largest absolute Gasteiger partial charge is 0.462 e. The molecule has 0 atom stereocenters. The summed E-state index contributed by atoms with van der Waals surface area (Å²) in [5.74, 6) is -0.486. The predicted octanol–water partition coefficient (Wildman–Crippen LogP) is 2.62. The second-order valence-electron chi connectivity index (χ2n) is 4.24. The van der Waals surface area contributed by atoms with Gasteiger partial charge < -0.3 is 4.74 Å². The lowest BCUT2D eigenvalue weighted by Gasteiger charge is -2.07. The first kappa shape index (κ1) is 13.5. The van der Waals surface area contributed by atoms with Crippen molar-refractivity contribution in [3.63, 3.8) is 0 Å². The fourth-order valence-electron chi connectivity index (χ4n) is 1.98. The third-order valence-electron chi connectivity index (χ3n) is 2.93. The lowest BCUT2D eigenvalue weighted by molar-refractivity contribution is 0.0526. The average Bonchev–Trinajstić information content (AvgIpc) is 2.95. The van der Waals surface area contributed by atoms with Crippen LogP contribution in [0.25, 0.3) is 16.9 Å². The van der Waals surface area contributed by atoms with E-state index in [-0.39, 0.29) is 17.3 Å². The van der Waals surface area contributed by atoms with Gasteiger partial charge in [0.25, 0.3) is 0 Å². The highest BCUT2D eigenvalue weighted by molar-refractivity contribution is 6.32. The number of carbonyl (C=O) groups is 1. The highest BCUT2D eigenvalue weighted by atomic mass is 35.5. The van der Waals surface area contributed by atoms with E-state index < -0.39 is 5.97 Å². The van der Waals surface area contributed by atoms with Gasteiger partial charge in [-0.05, 0) is 31.2 Å². The van der Waals surface area contributed by atoms with E-state index in [1.165, 1.54) is 0 Å². The van der Waals surface area contributed by atoms with Crippen LogP contribution in [0.15, 0.2) is 36.5 Å². The van der Waals surface area contributed by atoms with E-state index in [1.54, 1.807) is 29.8 Å². The van der Waals surface area contributed by atoms with Gasteiger partial charge in [0.05, 0.1) is 35.3 Å². The van der Waals surface area contributed by atoms with Gasteiger partial charge in [0, 0.05) is 0 Å². The van der Waals surface area contributed by atoms with Crippen LogP contribution in [0.2, 0.25) is 5.15 Å². The molecule has 0 aromatic carbocycles. The number of hydrogen-bond donors (Lipinski definition) is 0. The lowest BCUT2D eigenvalue weighted by Crippen LogP contribution is -2.07. The zero-order valence-corrected chi connectivity index (χ0v) is 11.9. The van der Waals surface area contributed by atoms with Crippen molar-refractivity contribution in [3.05, 3.63) is 47.2 Å². The van der Waals surface area contributed by atoms with Crippen LogP contribution in [0.5, 0.6) is 0 Å². The Bertz CT molecular complexity index is 816. The number of halogens is 1. The van der Waals surface area contributed by atoms with Gasteiger partial charge in [0.15, 0.2) is 0 Å². The van der Waals surface area contributed by atoms with Gasteiger partial charge in [0.2, 0.25) is 0 Å². The van der Waals surface area contributed by atoms with Crippen LogP contribution in [0, 0.1) is 0 Å². The molecule has 0 spiro atoms. The molecule has 3 aromatic heterocycles. The van der Waals surface area contributed by atoms with Crippen molar-refractivity contribution >= 4 is 23.1 Å². The van der Waals surface area contributed by atoms with Gasteiger partial charge in [-0.25, -0.2) is 14.3 Å². The standard InChI is InChI=1S/C14H11ClN4O2/c1-2-21-14(20)10-6-7-11(17-13(10)15)12-5-3-4-9-8-16-18-19(9)12/h3-8H,2H2,1H3. The van der Waals surface area contributed by atoms with Crippen LogP contribution < -0.4 is 0 Å². The molecular formula is C14H11ClN4O2. The van der Waals surface area contributed by atoms with Gasteiger partial charge in [0.1, 0.15) is 5.15 Å². The zero-order valence-electron chi connectivity index (χ0n) is 11.2. The Morgan fingerprint density at radius 3 is 2.95 bits per heavy atom. The van der Waals surface area contributed by atoms with Crippen molar-refractivity contribution < 1.29 is 9.53 Å². The topological polar surface area (TPSA) is 69.4 Å². The number of carbonyl (C=O) groups excluding carboxylic acids is 1. The van der Waals surface area contributed by atoms with Crippen molar-refractivity contribution in [2.45, 2.75) is 6.92 Å². The Morgan fingerprint density at radius 2 is 2.19 bits per heavy atom. The molecular weight excluding hydrogens is 292 g/mol. The second-order valence-corrected chi connectivity index (χ2v) is 4.60. The summed E-state index contributed by atoms with van der Waals surface area (Å²) in [5, 5.41) is 7.96. The van der Waals surface area contributed by atoms with E-state index >= 15 is 0 Å². The number of pyridine rings is 2. The third-order valence-corrected chi connectivity index (χ3v) is 3.22. The van der Waals surface area contributed by atoms with Gasteiger partial charge in [-0.3, -0.25) is 0 Å². The molecule has 21 heavy (non-hydrogen) atoms. The molecule has 106 valence electrons. The van der Waals surface area contributed by atoms with Crippen LogP contribution in [-0.4, -0.2) is 32.4 Å². The quantitative estimate of drug-likeness (QED) is 0.549. The molecule has 7 heteroatoms. The highest BCUT2D eigenvalue weighted by Gasteiger charge is 2.15. The number of rotatable bonds is 3. The Hall–Kier alpha value is -2.47. The molecule has 3 rings (SSSR count). The summed E-state index contributed by atoms with van der Waals surface area (Å²) < 4.78 is 6.58. The van der Waals surface area contributed by atoms with E-state index in [0.29, 0.717) is 5.69 Å². The van der Waals surface area contributed by atoms with Crippen LogP contribution in [0.1, 0.15) is 17.3 Å². The van der Waals surface area contributed by atoms with Crippen molar-refractivity contribution in [2.24, 2.45) is 0 Å². The maximum atomic E-state index is 11.7. The first-order valence-corrected chi connectivity index (χ1v) is 6.72. The minimum atomic E-state index is -0.486. The number of hydrogen-bond acceptors (Lipinski definition) is 5. The summed E-state index contributed by atoms with van der Waals surface area (Å²) in [7, 11) is 0. The Balaban J connectivity index is 2.06. The molecule has 0 bridgehead atoms. The molecule has 6 nitrogen and oxygen atoms in total. The van der Waals surface area contributed by atoms with E-state index in [4.69, 9.17) is 16.3 Å². The fourth-order valence-corrected chi connectivity index (χ4v) is 2.22. The van der Waals surface area contributed by atoms with Crippen molar-refractivity contribution in [1.29, 1.82) is 0 Å². The zero-order chi connectivity index (χ0) is 14.8. The number of aromatic nitrogens is 4. The summed E-state index contributed by atoms with van der Waals surface area (Å²) in [5.41, 5.74) is 2.43. The number of fused-ring (bicyclic) bond motifs is 1. The first-order valence-electron chi connectivity index (χ1n) is 6.34. The SMILES string of the molecule is CCOC(=O)c1ccc(-c2cccc3cnnn23)nc1Cl. The van der Waals surface area contributed by atoms with Gasteiger partial charge >= 0.3 is 5.97 Å². The summed E-state index contributed by atoms with van der Waals surface area (Å²) >= 11 is 6.08. The Morgan fingerprint density at radius 1 is 1.33 bits per heavy atom. The third kappa shape index (κ3) is 2.45.